The molecule has 0 atom stereocenters. The molecule has 2 aliphatic heterocycles. The number of piperidine rings is 1. The fourth-order valence-corrected chi connectivity index (χ4v) is 3.49. The van der Waals surface area contributed by atoms with Crippen molar-refractivity contribution < 1.29 is 18.9 Å². The van der Waals surface area contributed by atoms with Crippen LogP contribution in [0.5, 0.6) is 0 Å². The number of nitro benzene ring substituents is 1. The first-order valence-corrected chi connectivity index (χ1v) is 8.49. The Morgan fingerprint density at radius 3 is 2.32 bits per heavy atom. The van der Waals surface area contributed by atoms with Crippen molar-refractivity contribution >= 4 is 17.5 Å². The molecule has 0 bridgehead atoms. The predicted octanol–water partition coefficient (Wildman–Crippen LogP) is 2.21. The topological polar surface area (TPSA) is 83.8 Å². The number of hydrogen-bond acceptors (Lipinski definition) is 4. The van der Waals surface area contributed by atoms with Crippen molar-refractivity contribution in [3.8, 4) is 0 Å². The third-order valence-corrected chi connectivity index (χ3v) is 4.94. The van der Waals surface area contributed by atoms with Crippen LogP contribution in [0.15, 0.2) is 18.2 Å². The average Bonchev–Trinajstić information content (AvgIpc) is 3.15. The van der Waals surface area contributed by atoms with E-state index in [-0.39, 0.29) is 23.1 Å². The van der Waals surface area contributed by atoms with E-state index in [4.69, 9.17) is 0 Å². The van der Waals surface area contributed by atoms with E-state index in [0.717, 1.165) is 44.1 Å². The Morgan fingerprint density at radius 1 is 1.08 bits per heavy atom. The summed E-state index contributed by atoms with van der Waals surface area (Å²) in [6.45, 7) is 2.31. The van der Waals surface area contributed by atoms with Crippen LogP contribution in [0, 0.1) is 21.8 Å². The zero-order chi connectivity index (χ0) is 18.0. The molecule has 0 N–H and O–H groups in total. The summed E-state index contributed by atoms with van der Waals surface area (Å²) in [6, 6.07) is 2.95. The van der Waals surface area contributed by atoms with Gasteiger partial charge in [0.1, 0.15) is 5.82 Å². The number of benzene rings is 1. The maximum atomic E-state index is 13.9. The Balaban J connectivity index is 1.64. The Labute approximate surface area is 144 Å². The van der Waals surface area contributed by atoms with Crippen molar-refractivity contribution in [1.82, 2.24) is 9.80 Å². The number of nitro groups is 1. The van der Waals surface area contributed by atoms with Gasteiger partial charge in [-0.2, -0.15) is 0 Å². The monoisotopic (exact) mass is 349 g/mol. The van der Waals surface area contributed by atoms with Gasteiger partial charge in [0.2, 0.25) is 5.91 Å². The van der Waals surface area contributed by atoms with Gasteiger partial charge < -0.3 is 9.80 Å². The molecule has 8 heteroatoms. The number of nitrogens with zero attached hydrogens (tertiary/aromatic N) is 3. The molecule has 2 saturated heterocycles. The highest BCUT2D eigenvalue weighted by molar-refractivity contribution is 5.95. The Morgan fingerprint density at radius 2 is 1.72 bits per heavy atom. The summed E-state index contributed by atoms with van der Waals surface area (Å²) in [4.78, 5) is 38.4. The van der Waals surface area contributed by atoms with Crippen LogP contribution in [0.2, 0.25) is 0 Å². The first kappa shape index (κ1) is 17.3. The van der Waals surface area contributed by atoms with Gasteiger partial charge in [0, 0.05) is 44.2 Å². The van der Waals surface area contributed by atoms with Crippen LogP contribution >= 0.6 is 0 Å². The molecule has 0 radical (unpaired) electrons. The number of carbonyl (C=O) groups is 2. The van der Waals surface area contributed by atoms with E-state index in [1.165, 1.54) is 4.90 Å². The molecule has 1 aromatic rings. The van der Waals surface area contributed by atoms with Crippen molar-refractivity contribution in [2.24, 2.45) is 5.92 Å². The number of halogens is 1. The zero-order valence-electron chi connectivity index (χ0n) is 13.8. The van der Waals surface area contributed by atoms with Crippen LogP contribution in [0.25, 0.3) is 0 Å². The van der Waals surface area contributed by atoms with Gasteiger partial charge in [0.25, 0.3) is 11.6 Å². The third-order valence-electron chi connectivity index (χ3n) is 4.94. The van der Waals surface area contributed by atoms with Gasteiger partial charge in [-0.1, -0.05) is 0 Å². The van der Waals surface area contributed by atoms with E-state index in [2.05, 4.69) is 0 Å². The smallest absolute Gasteiger partial charge is 0.270 e. The van der Waals surface area contributed by atoms with Gasteiger partial charge in [-0.3, -0.25) is 19.7 Å². The minimum Gasteiger partial charge on any atom is -0.342 e. The largest absolute Gasteiger partial charge is 0.342 e. The number of amides is 2. The molecule has 0 aromatic heterocycles. The molecule has 3 rings (SSSR count). The molecule has 1 aromatic carbocycles. The predicted molar refractivity (Wildman–Crippen MR) is 87.5 cm³/mol. The molecular formula is C17H20FN3O4. The Bertz CT molecular complexity index is 695. The van der Waals surface area contributed by atoms with Gasteiger partial charge in [-0.25, -0.2) is 4.39 Å². The fourth-order valence-electron chi connectivity index (χ4n) is 3.49. The van der Waals surface area contributed by atoms with E-state index >= 15 is 0 Å². The summed E-state index contributed by atoms with van der Waals surface area (Å²) in [6.07, 6.45) is 3.15. The molecule has 134 valence electrons. The molecule has 0 aliphatic carbocycles. The molecule has 2 aliphatic rings. The van der Waals surface area contributed by atoms with Gasteiger partial charge in [-0.05, 0) is 31.7 Å². The summed E-state index contributed by atoms with van der Waals surface area (Å²) in [5, 5.41) is 10.8. The van der Waals surface area contributed by atoms with Gasteiger partial charge in [0.05, 0.1) is 10.5 Å². The van der Waals surface area contributed by atoms with Gasteiger partial charge in [0.15, 0.2) is 0 Å². The van der Waals surface area contributed by atoms with E-state index < -0.39 is 16.6 Å². The highest BCUT2D eigenvalue weighted by Gasteiger charge is 2.32. The minimum atomic E-state index is -0.772. The van der Waals surface area contributed by atoms with Gasteiger partial charge in [-0.15, -0.1) is 0 Å². The van der Waals surface area contributed by atoms with Crippen LogP contribution in [0.1, 0.15) is 36.0 Å². The van der Waals surface area contributed by atoms with Crippen LogP contribution in [0.3, 0.4) is 0 Å². The summed E-state index contributed by atoms with van der Waals surface area (Å²) in [5.41, 5.74) is -0.609. The molecule has 0 saturated carbocycles. The van der Waals surface area contributed by atoms with Crippen molar-refractivity contribution in [3.63, 3.8) is 0 Å². The lowest BCUT2D eigenvalue weighted by molar-refractivity contribution is -0.384. The van der Waals surface area contributed by atoms with Crippen molar-refractivity contribution in [1.29, 1.82) is 0 Å². The lowest BCUT2D eigenvalue weighted by Crippen LogP contribution is -2.44. The first-order valence-electron chi connectivity index (χ1n) is 8.49. The maximum Gasteiger partial charge on any atom is 0.270 e. The lowest BCUT2D eigenvalue weighted by Gasteiger charge is -2.33. The molecule has 0 unspecified atom stereocenters. The van der Waals surface area contributed by atoms with Crippen molar-refractivity contribution in [2.75, 3.05) is 26.2 Å². The van der Waals surface area contributed by atoms with E-state index in [1.807, 2.05) is 4.90 Å². The summed E-state index contributed by atoms with van der Waals surface area (Å²) >= 11 is 0. The standard InChI is InChI=1S/C17H20FN3O4/c18-15-4-3-13(21(24)25)11-14(15)17(23)20-9-5-12(6-10-20)16(22)19-7-1-2-8-19/h3-4,11-12H,1-2,5-10H2. The highest BCUT2D eigenvalue weighted by Crippen LogP contribution is 2.25. The molecule has 25 heavy (non-hydrogen) atoms. The quantitative estimate of drug-likeness (QED) is 0.619. The molecule has 7 nitrogen and oxygen atoms in total. The van der Waals surface area contributed by atoms with Crippen molar-refractivity contribution in [2.45, 2.75) is 25.7 Å². The number of likely N-dealkylation sites (tertiary alicyclic amines) is 2. The average molecular weight is 349 g/mol. The van der Waals surface area contributed by atoms with Crippen LogP contribution < -0.4 is 0 Å². The third kappa shape index (κ3) is 3.62. The Kier molecular flexibility index (Phi) is 4.96. The van der Waals surface area contributed by atoms with E-state index in [9.17, 15) is 24.1 Å². The fraction of sp³-hybridized carbons (Fsp3) is 0.529. The number of hydrogen-bond donors (Lipinski definition) is 0. The first-order chi connectivity index (χ1) is 12.0. The zero-order valence-corrected chi connectivity index (χ0v) is 13.8. The van der Waals surface area contributed by atoms with Gasteiger partial charge >= 0.3 is 0 Å². The normalized spacial score (nSPS) is 18.4. The molecule has 0 spiro atoms. The number of non-ortho nitro benzene ring substituents is 1. The number of rotatable bonds is 3. The SMILES string of the molecule is O=C(c1cc([N+](=O)[O-])ccc1F)N1CCC(C(=O)N2CCCC2)CC1. The van der Waals surface area contributed by atoms with Crippen molar-refractivity contribution in [3.05, 3.63) is 39.7 Å². The second-order valence-corrected chi connectivity index (χ2v) is 6.52. The van der Waals surface area contributed by atoms with Crippen LogP contribution in [-0.2, 0) is 4.79 Å². The minimum absolute atomic E-state index is 0.0999. The lowest BCUT2D eigenvalue weighted by atomic mass is 9.95. The van der Waals surface area contributed by atoms with Crippen LogP contribution in [-0.4, -0.2) is 52.7 Å². The Hall–Kier alpha value is -2.51. The molecular weight excluding hydrogens is 329 g/mol. The second kappa shape index (κ2) is 7.16. The molecule has 2 heterocycles. The molecule has 2 fully saturated rings. The number of carbonyl (C=O) groups excluding carboxylic acids is 2. The van der Waals surface area contributed by atoms with Crippen LogP contribution in [0.4, 0.5) is 10.1 Å². The maximum absolute atomic E-state index is 13.9. The van der Waals surface area contributed by atoms with E-state index in [1.54, 1.807) is 0 Å². The second-order valence-electron chi connectivity index (χ2n) is 6.52. The summed E-state index contributed by atoms with van der Waals surface area (Å²) < 4.78 is 13.9. The highest BCUT2D eigenvalue weighted by atomic mass is 19.1. The molecule has 2 amide bonds. The summed E-state index contributed by atoms with van der Waals surface area (Å²) in [5.74, 6) is -1.29. The summed E-state index contributed by atoms with van der Waals surface area (Å²) in [7, 11) is 0. The van der Waals surface area contributed by atoms with E-state index in [0.29, 0.717) is 25.9 Å².